The number of nitrogens with one attached hydrogen (secondary N) is 2. The second kappa shape index (κ2) is 5.80. The van der Waals surface area contributed by atoms with E-state index >= 15 is 4.39 Å². The van der Waals surface area contributed by atoms with Gasteiger partial charge in [0.2, 0.25) is 0 Å². The third-order valence-corrected chi connectivity index (χ3v) is 9.95. The van der Waals surface area contributed by atoms with E-state index in [2.05, 4.69) is 17.2 Å². The third kappa shape index (κ3) is 2.55. The summed E-state index contributed by atoms with van der Waals surface area (Å²) in [7, 11) is -3.54. The standard InChI is InChI=1S/C22H19FN2O2S2/c1-3-4-13-5-6-18-14(9-13)15-10-16(17(23)11-19(15)28-18)21(2)12-29(26,27)22(7-8-22)20(24)25-21/h5-6,9-11H,7-8,12H2,1-2H3,(H2,24,25)/t21-/m0/s1. The van der Waals surface area contributed by atoms with Crippen LogP contribution in [0.1, 0.15) is 37.8 Å². The molecular weight excluding hydrogens is 407 g/mol. The number of halogens is 1. The third-order valence-electron chi connectivity index (χ3n) is 6.06. The quantitative estimate of drug-likeness (QED) is 0.570. The predicted molar refractivity (Wildman–Crippen MR) is 116 cm³/mol. The van der Waals surface area contributed by atoms with Gasteiger partial charge in [-0.25, -0.2) is 12.8 Å². The van der Waals surface area contributed by atoms with Gasteiger partial charge >= 0.3 is 0 Å². The summed E-state index contributed by atoms with van der Waals surface area (Å²) in [6, 6.07) is 9.13. The Kier molecular flexibility index (Phi) is 3.72. The molecule has 0 amide bonds. The molecule has 2 N–H and O–H groups in total. The van der Waals surface area contributed by atoms with Crippen LogP contribution >= 0.6 is 11.3 Å². The van der Waals surface area contributed by atoms with E-state index in [0.717, 1.165) is 25.7 Å². The van der Waals surface area contributed by atoms with Gasteiger partial charge in [-0.05, 0) is 57.0 Å². The molecule has 0 radical (unpaired) electrons. The van der Waals surface area contributed by atoms with E-state index in [1.807, 2.05) is 18.2 Å². The number of hydrogen-bond donors (Lipinski definition) is 2. The second-order valence-electron chi connectivity index (χ2n) is 8.10. The van der Waals surface area contributed by atoms with Gasteiger partial charge in [-0.2, -0.15) is 0 Å². The van der Waals surface area contributed by atoms with Gasteiger partial charge in [0.05, 0.1) is 11.3 Å². The van der Waals surface area contributed by atoms with Crippen molar-refractivity contribution in [3.63, 3.8) is 0 Å². The van der Waals surface area contributed by atoms with Crippen LogP contribution < -0.4 is 5.32 Å². The Hall–Kier alpha value is -2.43. The number of sulfone groups is 1. The fraction of sp³-hybridized carbons (Fsp3) is 0.318. The maximum atomic E-state index is 15.1. The van der Waals surface area contributed by atoms with Gasteiger partial charge in [0.15, 0.2) is 9.84 Å². The molecular formula is C22H19FN2O2S2. The number of fused-ring (bicyclic) bond motifs is 3. The maximum absolute atomic E-state index is 15.1. The first kappa shape index (κ1) is 18.6. The summed E-state index contributed by atoms with van der Waals surface area (Å²) in [6.45, 7) is 3.45. The lowest BCUT2D eigenvalue weighted by atomic mass is 9.91. The molecule has 2 aliphatic rings. The van der Waals surface area contributed by atoms with Crippen molar-refractivity contribution < 1.29 is 12.8 Å². The SMILES string of the molecule is CC#Cc1ccc2sc3cc(F)c([C@]4(C)CS(=O)(=O)C5(CC5)C(=N)N4)cc3c2c1. The maximum Gasteiger partial charge on any atom is 0.165 e. The van der Waals surface area contributed by atoms with Gasteiger partial charge in [0, 0.05) is 31.3 Å². The first-order valence-electron chi connectivity index (χ1n) is 9.38. The van der Waals surface area contributed by atoms with E-state index < -0.39 is 25.9 Å². The Bertz CT molecular complexity index is 1390. The lowest BCUT2D eigenvalue weighted by Crippen LogP contribution is -2.61. The van der Waals surface area contributed by atoms with Crippen molar-refractivity contribution in [2.24, 2.45) is 0 Å². The molecule has 1 saturated carbocycles. The molecule has 0 unspecified atom stereocenters. The Balaban J connectivity index is 1.71. The predicted octanol–water partition coefficient (Wildman–Crippen LogP) is 4.31. The molecule has 2 aromatic carbocycles. The number of thiophene rings is 1. The average molecular weight is 427 g/mol. The van der Waals surface area contributed by atoms with E-state index in [1.54, 1.807) is 19.9 Å². The van der Waals surface area contributed by atoms with E-state index in [0.29, 0.717) is 12.8 Å². The summed E-state index contributed by atoms with van der Waals surface area (Å²) in [5.41, 5.74) is -0.0231. The second-order valence-corrected chi connectivity index (χ2v) is 11.5. The minimum Gasteiger partial charge on any atom is -0.362 e. The van der Waals surface area contributed by atoms with Gasteiger partial charge < -0.3 is 5.32 Å². The molecule has 3 aromatic rings. The number of benzene rings is 2. The summed E-state index contributed by atoms with van der Waals surface area (Å²) in [5, 5.41) is 13.2. The van der Waals surface area contributed by atoms with E-state index in [9.17, 15) is 8.42 Å². The number of amidine groups is 1. The highest BCUT2D eigenvalue weighted by molar-refractivity contribution is 7.94. The molecule has 0 bridgehead atoms. The number of rotatable bonds is 1. The average Bonchev–Trinajstić information content (AvgIpc) is 3.38. The lowest BCUT2D eigenvalue weighted by molar-refractivity contribution is 0.432. The Morgan fingerprint density at radius 3 is 2.55 bits per heavy atom. The van der Waals surface area contributed by atoms with E-state index in [-0.39, 0.29) is 17.2 Å². The van der Waals surface area contributed by atoms with Gasteiger partial charge in [-0.1, -0.05) is 5.92 Å². The van der Waals surface area contributed by atoms with Crippen LogP contribution in [0.15, 0.2) is 30.3 Å². The topological polar surface area (TPSA) is 70.0 Å². The summed E-state index contributed by atoms with van der Waals surface area (Å²) >= 11 is 1.50. The zero-order chi connectivity index (χ0) is 20.6. The van der Waals surface area contributed by atoms with Crippen LogP contribution in [0.5, 0.6) is 0 Å². The molecule has 148 valence electrons. The first-order chi connectivity index (χ1) is 13.7. The van der Waals surface area contributed by atoms with Gasteiger partial charge in [0.25, 0.3) is 0 Å². The molecule has 7 heteroatoms. The number of hydrogen-bond acceptors (Lipinski definition) is 4. The molecule has 2 fully saturated rings. The molecule has 2 heterocycles. The van der Waals surface area contributed by atoms with Crippen LogP contribution in [0.4, 0.5) is 4.39 Å². The van der Waals surface area contributed by atoms with Gasteiger partial charge in [-0.3, -0.25) is 5.41 Å². The molecule has 4 nitrogen and oxygen atoms in total. The first-order valence-corrected chi connectivity index (χ1v) is 11.8. The van der Waals surface area contributed by atoms with Crippen molar-refractivity contribution >= 4 is 47.2 Å². The van der Waals surface area contributed by atoms with Crippen LogP contribution in [0.3, 0.4) is 0 Å². The molecule has 1 aromatic heterocycles. The summed E-state index contributed by atoms with van der Waals surface area (Å²) < 4.78 is 41.7. The Morgan fingerprint density at radius 1 is 1.17 bits per heavy atom. The minimum absolute atomic E-state index is 0.0126. The van der Waals surface area contributed by atoms with E-state index in [1.165, 1.54) is 17.4 Å². The lowest BCUT2D eigenvalue weighted by Gasteiger charge is -2.40. The monoisotopic (exact) mass is 426 g/mol. The highest BCUT2D eigenvalue weighted by Crippen LogP contribution is 2.50. The van der Waals surface area contributed by atoms with Gasteiger partial charge in [-0.15, -0.1) is 17.3 Å². The van der Waals surface area contributed by atoms with Crippen LogP contribution in [0.2, 0.25) is 0 Å². The zero-order valence-corrected chi connectivity index (χ0v) is 17.7. The summed E-state index contributed by atoms with van der Waals surface area (Å²) in [4.78, 5) is 0. The van der Waals surface area contributed by atoms with E-state index in [4.69, 9.17) is 5.41 Å². The van der Waals surface area contributed by atoms with Crippen molar-refractivity contribution in [1.29, 1.82) is 5.41 Å². The van der Waals surface area contributed by atoms with Crippen LogP contribution in [0.25, 0.3) is 20.2 Å². The fourth-order valence-corrected chi connectivity index (χ4v) is 7.81. The van der Waals surface area contributed by atoms with Gasteiger partial charge in [0.1, 0.15) is 16.4 Å². The summed E-state index contributed by atoms with van der Waals surface area (Å²) in [5.74, 6) is 5.24. The summed E-state index contributed by atoms with van der Waals surface area (Å²) in [6.07, 6.45) is 0.935. The fourth-order valence-electron chi connectivity index (χ4n) is 4.36. The molecule has 29 heavy (non-hydrogen) atoms. The largest absolute Gasteiger partial charge is 0.362 e. The van der Waals surface area contributed by atoms with Crippen LogP contribution in [0, 0.1) is 23.1 Å². The van der Waals surface area contributed by atoms with Crippen molar-refractivity contribution in [2.75, 3.05) is 5.75 Å². The zero-order valence-electron chi connectivity index (χ0n) is 16.0. The molecule has 1 spiro atoms. The van der Waals surface area contributed by atoms with Crippen LogP contribution in [-0.4, -0.2) is 24.8 Å². The van der Waals surface area contributed by atoms with Crippen molar-refractivity contribution in [2.45, 2.75) is 37.0 Å². The molecule has 5 rings (SSSR count). The van der Waals surface area contributed by atoms with Crippen molar-refractivity contribution in [3.8, 4) is 11.8 Å². The van der Waals surface area contributed by atoms with Crippen molar-refractivity contribution in [3.05, 3.63) is 47.3 Å². The molecule has 1 aliphatic carbocycles. The minimum atomic E-state index is -3.54. The highest BCUT2D eigenvalue weighted by Gasteiger charge is 2.63. The molecule has 1 aliphatic heterocycles. The smallest absolute Gasteiger partial charge is 0.165 e. The Labute approximate surface area is 172 Å². The van der Waals surface area contributed by atoms with Crippen molar-refractivity contribution in [1.82, 2.24) is 5.32 Å². The molecule has 1 atom stereocenters. The normalized spacial score (nSPS) is 24.3. The Morgan fingerprint density at radius 2 is 1.90 bits per heavy atom. The van der Waals surface area contributed by atoms with Crippen LogP contribution in [-0.2, 0) is 15.4 Å². The highest BCUT2D eigenvalue weighted by atomic mass is 32.2. The molecule has 1 saturated heterocycles.